The van der Waals surface area contributed by atoms with Gasteiger partial charge in [-0.2, -0.15) is 4.72 Å². The lowest BCUT2D eigenvalue weighted by Gasteiger charge is -2.32. The third-order valence-electron chi connectivity index (χ3n) is 6.52. The maximum Gasteiger partial charge on any atom is 0.253 e. The van der Waals surface area contributed by atoms with Crippen molar-refractivity contribution in [2.45, 2.75) is 17.4 Å². The molecule has 2 amide bonds. The van der Waals surface area contributed by atoms with Crippen LogP contribution in [0.25, 0.3) is 0 Å². The van der Waals surface area contributed by atoms with Crippen LogP contribution < -0.4 is 14.8 Å². The number of nitrogens with zero attached hydrogens (tertiary/aromatic N) is 2. The average Bonchev–Trinajstić information content (AvgIpc) is 2.93. The molecule has 2 N–H and O–H groups in total. The lowest BCUT2D eigenvalue weighted by Crippen LogP contribution is -2.47. The van der Waals surface area contributed by atoms with Crippen LogP contribution in [-0.4, -0.2) is 76.4 Å². The fourth-order valence-corrected chi connectivity index (χ4v) is 5.77. The summed E-state index contributed by atoms with van der Waals surface area (Å²) in [5, 5.41) is 2.91. The molecule has 11 heteroatoms. The molecule has 206 valence electrons. The second kappa shape index (κ2) is 12.6. The summed E-state index contributed by atoms with van der Waals surface area (Å²) in [7, 11) is -0.646. The highest BCUT2D eigenvalue weighted by molar-refractivity contribution is 7.89. The van der Waals surface area contributed by atoms with Crippen LogP contribution in [0.15, 0.2) is 77.7 Å². The summed E-state index contributed by atoms with van der Waals surface area (Å²) in [5.74, 6) is -0.266. The molecule has 39 heavy (non-hydrogen) atoms. The van der Waals surface area contributed by atoms with Crippen molar-refractivity contribution in [3.8, 4) is 5.75 Å². The van der Waals surface area contributed by atoms with Crippen molar-refractivity contribution in [2.24, 2.45) is 0 Å². The monoisotopic (exact) mass is 570 g/mol. The van der Waals surface area contributed by atoms with E-state index in [1.165, 1.54) is 25.3 Å². The van der Waals surface area contributed by atoms with Gasteiger partial charge in [0.1, 0.15) is 11.8 Å². The number of piperazine rings is 1. The lowest BCUT2D eigenvalue weighted by molar-refractivity contribution is -0.117. The van der Waals surface area contributed by atoms with Crippen molar-refractivity contribution in [3.05, 3.63) is 88.9 Å². The SMILES string of the molecule is COc1ccc(S(=O)(=O)N[C@H](Cc2ccccc2)C(=O)Nc2ccc(C(=O)N3CCN(C)CC3)cc2)cc1Cl. The molecule has 1 aliphatic heterocycles. The van der Waals surface area contributed by atoms with Gasteiger partial charge in [-0.1, -0.05) is 41.9 Å². The zero-order valence-corrected chi connectivity index (χ0v) is 23.3. The summed E-state index contributed by atoms with van der Waals surface area (Å²) in [6, 6.07) is 18.7. The Bertz CT molecular complexity index is 1410. The van der Waals surface area contributed by atoms with Crippen LogP contribution in [0.3, 0.4) is 0 Å². The van der Waals surface area contributed by atoms with Crippen LogP contribution in [0.4, 0.5) is 5.69 Å². The molecule has 0 bridgehead atoms. The minimum Gasteiger partial charge on any atom is -0.495 e. The first kappa shape index (κ1) is 28.6. The predicted octanol–water partition coefficient (Wildman–Crippen LogP) is 3.26. The summed E-state index contributed by atoms with van der Waals surface area (Å²) in [6.07, 6.45) is 0.121. The Balaban J connectivity index is 1.50. The number of hydrogen-bond donors (Lipinski definition) is 2. The fraction of sp³-hybridized carbons (Fsp3) is 0.286. The van der Waals surface area contributed by atoms with E-state index in [1.54, 1.807) is 24.3 Å². The summed E-state index contributed by atoms with van der Waals surface area (Å²) in [5.41, 5.74) is 1.75. The van der Waals surface area contributed by atoms with E-state index in [2.05, 4.69) is 14.9 Å². The van der Waals surface area contributed by atoms with Crippen LogP contribution >= 0.6 is 11.6 Å². The van der Waals surface area contributed by atoms with Crippen LogP contribution in [0.1, 0.15) is 15.9 Å². The van der Waals surface area contributed by atoms with Gasteiger partial charge in [-0.05, 0) is 61.5 Å². The van der Waals surface area contributed by atoms with Crippen molar-refractivity contribution in [1.29, 1.82) is 0 Å². The molecule has 9 nitrogen and oxygen atoms in total. The second-order valence-corrected chi connectivity index (χ2v) is 11.4. The van der Waals surface area contributed by atoms with Crippen LogP contribution in [0.5, 0.6) is 5.75 Å². The number of sulfonamides is 1. The summed E-state index contributed by atoms with van der Waals surface area (Å²) >= 11 is 6.14. The zero-order valence-electron chi connectivity index (χ0n) is 21.8. The number of carbonyl (C=O) groups excluding carboxylic acids is 2. The summed E-state index contributed by atoms with van der Waals surface area (Å²) in [4.78, 5) is 30.0. The zero-order chi connectivity index (χ0) is 28.0. The van der Waals surface area contributed by atoms with Crippen LogP contribution in [0.2, 0.25) is 5.02 Å². The Kier molecular flexibility index (Phi) is 9.24. The van der Waals surface area contributed by atoms with E-state index in [0.29, 0.717) is 30.1 Å². The molecule has 1 atom stereocenters. The average molecular weight is 571 g/mol. The van der Waals surface area contributed by atoms with Gasteiger partial charge in [0, 0.05) is 37.4 Å². The van der Waals surface area contributed by atoms with Crippen LogP contribution in [0, 0.1) is 0 Å². The molecule has 1 saturated heterocycles. The minimum absolute atomic E-state index is 0.0613. The Morgan fingerprint density at radius 3 is 2.26 bits per heavy atom. The molecule has 1 aliphatic rings. The number of methoxy groups -OCH3 is 1. The number of nitrogens with one attached hydrogen (secondary N) is 2. The van der Waals surface area contributed by atoms with Gasteiger partial charge in [-0.3, -0.25) is 9.59 Å². The fourth-order valence-electron chi connectivity index (χ4n) is 4.22. The highest BCUT2D eigenvalue weighted by Gasteiger charge is 2.27. The number of anilines is 1. The number of amides is 2. The van der Waals surface area contributed by atoms with E-state index < -0.39 is 22.0 Å². The lowest BCUT2D eigenvalue weighted by atomic mass is 10.1. The van der Waals surface area contributed by atoms with Crippen molar-refractivity contribution in [3.63, 3.8) is 0 Å². The highest BCUT2D eigenvalue weighted by Crippen LogP contribution is 2.27. The quantitative estimate of drug-likeness (QED) is 0.409. The second-order valence-electron chi connectivity index (χ2n) is 9.32. The molecule has 3 aromatic carbocycles. The van der Waals surface area contributed by atoms with Gasteiger partial charge in [-0.15, -0.1) is 0 Å². The van der Waals surface area contributed by atoms with Gasteiger partial charge in [0.05, 0.1) is 17.0 Å². The van der Waals surface area contributed by atoms with Crippen molar-refractivity contribution in [1.82, 2.24) is 14.5 Å². The minimum atomic E-state index is -4.10. The molecule has 0 saturated carbocycles. The van der Waals surface area contributed by atoms with Crippen molar-refractivity contribution in [2.75, 3.05) is 45.7 Å². The molecular formula is C28H31ClN4O5S. The van der Waals surface area contributed by atoms with E-state index in [0.717, 1.165) is 18.7 Å². The third kappa shape index (κ3) is 7.36. The number of carbonyl (C=O) groups is 2. The maximum atomic E-state index is 13.3. The maximum absolute atomic E-state index is 13.3. The molecule has 0 radical (unpaired) electrons. The van der Waals surface area contributed by atoms with E-state index in [9.17, 15) is 18.0 Å². The Labute approximate surface area is 233 Å². The van der Waals surface area contributed by atoms with Gasteiger partial charge in [0.15, 0.2) is 0 Å². The molecule has 0 unspecified atom stereocenters. The van der Waals surface area contributed by atoms with Gasteiger partial charge in [0.2, 0.25) is 15.9 Å². The molecule has 4 rings (SSSR count). The van der Waals surface area contributed by atoms with E-state index in [1.807, 2.05) is 42.3 Å². The molecule has 0 aromatic heterocycles. The van der Waals surface area contributed by atoms with E-state index >= 15 is 0 Å². The molecular weight excluding hydrogens is 540 g/mol. The van der Waals surface area contributed by atoms with E-state index in [4.69, 9.17) is 16.3 Å². The first-order chi connectivity index (χ1) is 18.7. The predicted molar refractivity (Wildman–Crippen MR) is 151 cm³/mol. The third-order valence-corrected chi connectivity index (χ3v) is 8.28. The van der Waals surface area contributed by atoms with Gasteiger partial charge in [0.25, 0.3) is 5.91 Å². The molecule has 0 aliphatic carbocycles. The topological polar surface area (TPSA) is 108 Å². The number of rotatable bonds is 9. The number of hydrogen-bond acceptors (Lipinski definition) is 6. The molecule has 1 fully saturated rings. The molecule has 0 spiro atoms. The molecule has 3 aromatic rings. The van der Waals surface area contributed by atoms with Crippen molar-refractivity contribution >= 4 is 39.1 Å². The smallest absolute Gasteiger partial charge is 0.253 e. The van der Waals surface area contributed by atoms with Crippen molar-refractivity contribution < 1.29 is 22.7 Å². The highest BCUT2D eigenvalue weighted by atomic mass is 35.5. The van der Waals surface area contributed by atoms with Gasteiger partial charge >= 0.3 is 0 Å². The first-order valence-corrected chi connectivity index (χ1v) is 14.3. The number of ether oxygens (including phenoxy) is 1. The first-order valence-electron chi connectivity index (χ1n) is 12.4. The van der Waals surface area contributed by atoms with Crippen LogP contribution in [-0.2, 0) is 21.2 Å². The summed E-state index contributed by atoms with van der Waals surface area (Å²) < 4.78 is 34.0. The number of likely N-dealkylation sites (N-methyl/N-ethyl adjacent to an activating group) is 1. The summed E-state index contributed by atoms with van der Waals surface area (Å²) in [6.45, 7) is 2.96. The van der Waals surface area contributed by atoms with E-state index in [-0.39, 0.29) is 22.2 Å². The van der Waals surface area contributed by atoms with Gasteiger partial charge in [-0.25, -0.2) is 8.42 Å². The molecule has 1 heterocycles. The standard InChI is InChI=1S/C28H31ClN4O5S/c1-32-14-16-33(17-15-32)28(35)21-8-10-22(11-9-21)30-27(34)25(18-20-6-4-3-5-7-20)31-39(36,37)23-12-13-26(38-2)24(29)19-23/h3-13,19,25,31H,14-18H2,1-2H3,(H,30,34)/t25-/m1/s1. The Morgan fingerprint density at radius 1 is 0.974 bits per heavy atom. The number of benzene rings is 3. The Hall–Kier alpha value is -3.44. The largest absolute Gasteiger partial charge is 0.495 e. The number of halogens is 1. The van der Waals surface area contributed by atoms with Gasteiger partial charge < -0.3 is 19.9 Å². The Morgan fingerprint density at radius 2 is 1.64 bits per heavy atom. The normalized spacial score (nSPS) is 15.0.